The summed E-state index contributed by atoms with van der Waals surface area (Å²) in [7, 11) is 0. The van der Waals surface area contributed by atoms with Crippen LogP contribution in [0.3, 0.4) is 0 Å². The van der Waals surface area contributed by atoms with E-state index in [1.54, 1.807) is 0 Å². The van der Waals surface area contributed by atoms with Crippen LogP contribution in [-0.4, -0.2) is 27.9 Å². The topological polar surface area (TPSA) is 42.7 Å². The second-order valence-electron chi connectivity index (χ2n) is 5.16. The monoisotopic (exact) mass is 256 g/mol. The zero-order valence-corrected chi connectivity index (χ0v) is 11.1. The van der Waals surface area contributed by atoms with E-state index in [0.717, 1.165) is 31.9 Å². The van der Waals surface area contributed by atoms with Crippen molar-refractivity contribution in [1.29, 1.82) is 0 Å². The van der Waals surface area contributed by atoms with Crippen LogP contribution in [0.2, 0.25) is 0 Å². The van der Waals surface area contributed by atoms with Crippen LogP contribution in [-0.2, 0) is 13.0 Å². The van der Waals surface area contributed by atoms with E-state index in [2.05, 4.69) is 50.4 Å². The molecule has 0 saturated carbocycles. The zero-order chi connectivity index (χ0) is 12.9. The average molecular weight is 256 g/mol. The maximum atomic E-state index is 4.33. The lowest BCUT2D eigenvalue weighted by Gasteiger charge is -2.22. The van der Waals surface area contributed by atoms with Crippen LogP contribution in [0.1, 0.15) is 30.1 Å². The molecular weight excluding hydrogens is 236 g/mol. The second-order valence-corrected chi connectivity index (χ2v) is 5.16. The minimum Gasteiger partial charge on any atom is -0.317 e. The van der Waals surface area contributed by atoms with E-state index < -0.39 is 0 Å². The van der Waals surface area contributed by atoms with E-state index in [1.807, 2.05) is 6.33 Å². The molecule has 3 rings (SSSR count). The van der Waals surface area contributed by atoms with Crippen molar-refractivity contribution in [2.45, 2.75) is 31.7 Å². The molecule has 1 saturated heterocycles. The molecule has 1 atom stereocenters. The van der Waals surface area contributed by atoms with Crippen molar-refractivity contribution in [2.24, 2.45) is 0 Å². The van der Waals surface area contributed by atoms with Crippen LogP contribution in [0.25, 0.3) is 0 Å². The standard InChI is InChI=1S/C15H20N4/c1-2-5-13(6-3-1)8-10-19-12-17-18-15(19)14-7-4-9-16-11-14/h1-3,5-6,12,14,16H,4,7-11H2. The van der Waals surface area contributed by atoms with Crippen molar-refractivity contribution in [1.82, 2.24) is 20.1 Å². The molecule has 1 fully saturated rings. The molecule has 2 aromatic rings. The number of piperidine rings is 1. The third-order valence-electron chi connectivity index (χ3n) is 3.79. The van der Waals surface area contributed by atoms with Gasteiger partial charge in [-0.05, 0) is 31.4 Å². The third kappa shape index (κ3) is 3.01. The van der Waals surface area contributed by atoms with Crippen molar-refractivity contribution in [3.8, 4) is 0 Å². The molecule has 1 aromatic heterocycles. The number of benzene rings is 1. The van der Waals surface area contributed by atoms with Gasteiger partial charge in [-0.2, -0.15) is 0 Å². The minimum absolute atomic E-state index is 0.520. The number of hydrogen-bond donors (Lipinski definition) is 1. The first-order valence-electron chi connectivity index (χ1n) is 7.06. The highest BCUT2D eigenvalue weighted by atomic mass is 15.3. The molecule has 0 aliphatic carbocycles. The van der Waals surface area contributed by atoms with Crippen molar-refractivity contribution in [3.63, 3.8) is 0 Å². The Bertz CT molecular complexity index is 500. The van der Waals surface area contributed by atoms with E-state index in [-0.39, 0.29) is 0 Å². The van der Waals surface area contributed by atoms with Crippen LogP contribution in [0, 0.1) is 0 Å². The summed E-state index contributed by atoms with van der Waals surface area (Å²) in [6, 6.07) is 10.6. The summed E-state index contributed by atoms with van der Waals surface area (Å²) in [6.45, 7) is 3.13. The van der Waals surface area contributed by atoms with Crippen molar-refractivity contribution < 1.29 is 0 Å². The first kappa shape index (κ1) is 12.4. The summed E-state index contributed by atoms with van der Waals surface area (Å²) in [5.74, 6) is 1.66. The molecule has 100 valence electrons. The van der Waals surface area contributed by atoms with Gasteiger partial charge in [-0.1, -0.05) is 30.3 Å². The molecule has 19 heavy (non-hydrogen) atoms. The number of aryl methyl sites for hydroxylation is 2. The number of rotatable bonds is 4. The highest BCUT2D eigenvalue weighted by molar-refractivity contribution is 5.14. The van der Waals surface area contributed by atoms with Gasteiger partial charge in [0.05, 0.1) is 0 Å². The maximum Gasteiger partial charge on any atom is 0.137 e. The van der Waals surface area contributed by atoms with Gasteiger partial charge < -0.3 is 9.88 Å². The molecule has 2 heterocycles. The van der Waals surface area contributed by atoms with Gasteiger partial charge in [-0.15, -0.1) is 10.2 Å². The van der Waals surface area contributed by atoms with E-state index in [4.69, 9.17) is 0 Å². The fourth-order valence-electron chi connectivity index (χ4n) is 2.72. The van der Waals surface area contributed by atoms with Gasteiger partial charge in [0.2, 0.25) is 0 Å². The van der Waals surface area contributed by atoms with Gasteiger partial charge in [0.25, 0.3) is 0 Å². The Morgan fingerprint density at radius 3 is 2.95 bits per heavy atom. The number of nitrogens with one attached hydrogen (secondary N) is 1. The summed E-state index contributed by atoms with van der Waals surface area (Å²) in [6.07, 6.45) is 5.35. The predicted octanol–water partition coefficient (Wildman–Crippen LogP) is 1.99. The van der Waals surface area contributed by atoms with Gasteiger partial charge in [0.15, 0.2) is 0 Å². The Labute approximate surface area is 113 Å². The molecule has 0 bridgehead atoms. The molecular formula is C15H20N4. The van der Waals surface area contributed by atoms with Crippen molar-refractivity contribution in [2.75, 3.05) is 13.1 Å². The molecule has 1 unspecified atom stereocenters. The van der Waals surface area contributed by atoms with E-state index in [0.29, 0.717) is 5.92 Å². The number of aromatic nitrogens is 3. The lowest BCUT2D eigenvalue weighted by Crippen LogP contribution is -2.30. The van der Waals surface area contributed by atoms with Crippen molar-refractivity contribution in [3.05, 3.63) is 48.0 Å². The SMILES string of the molecule is c1ccc(CCn2cnnc2C2CCCNC2)cc1. The first-order chi connectivity index (χ1) is 9.43. The van der Waals surface area contributed by atoms with E-state index >= 15 is 0 Å². The Hall–Kier alpha value is -1.68. The summed E-state index contributed by atoms with van der Waals surface area (Å²) in [4.78, 5) is 0. The molecule has 0 radical (unpaired) electrons. The van der Waals surface area contributed by atoms with Crippen LogP contribution in [0.5, 0.6) is 0 Å². The lowest BCUT2D eigenvalue weighted by atomic mass is 9.99. The molecule has 4 heteroatoms. The lowest BCUT2D eigenvalue weighted by molar-refractivity contribution is 0.431. The van der Waals surface area contributed by atoms with Gasteiger partial charge in [0, 0.05) is 19.0 Å². The normalized spacial score (nSPS) is 19.5. The smallest absolute Gasteiger partial charge is 0.137 e. The summed E-state index contributed by atoms with van der Waals surface area (Å²) >= 11 is 0. The van der Waals surface area contributed by atoms with Crippen LogP contribution in [0.15, 0.2) is 36.7 Å². The minimum atomic E-state index is 0.520. The second kappa shape index (κ2) is 5.97. The first-order valence-corrected chi connectivity index (χ1v) is 7.06. The zero-order valence-electron chi connectivity index (χ0n) is 11.1. The van der Waals surface area contributed by atoms with E-state index in [1.165, 1.54) is 18.4 Å². The van der Waals surface area contributed by atoms with Gasteiger partial charge >= 0.3 is 0 Å². The fraction of sp³-hybridized carbons (Fsp3) is 0.467. The average Bonchev–Trinajstić information content (AvgIpc) is 2.95. The largest absolute Gasteiger partial charge is 0.317 e. The molecule has 1 N–H and O–H groups in total. The highest BCUT2D eigenvalue weighted by Crippen LogP contribution is 2.21. The van der Waals surface area contributed by atoms with Gasteiger partial charge in [-0.3, -0.25) is 0 Å². The van der Waals surface area contributed by atoms with Crippen LogP contribution >= 0.6 is 0 Å². The van der Waals surface area contributed by atoms with Gasteiger partial charge in [0.1, 0.15) is 12.2 Å². The quantitative estimate of drug-likeness (QED) is 0.909. The predicted molar refractivity (Wildman–Crippen MR) is 75.0 cm³/mol. The fourth-order valence-corrected chi connectivity index (χ4v) is 2.72. The number of nitrogens with zero attached hydrogens (tertiary/aromatic N) is 3. The Morgan fingerprint density at radius 1 is 1.26 bits per heavy atom. The molecule has 0 spiro atoms. The van der Waals surface area contributed by atoms with E-state index in [9.17, 15) is 0 Å². The Balaban J connectivity index is 1.66. The van der Waals surface area contributed by atoms with Crippen molar-refractivity contribution >= 4 is 0 Å². The molecule has 0 amide bonds. The third-order valence-corrected chi connectivity index (χ3v) is 3.79. The Morgan fingerprint density at radius 2 is 2.16 bits per heavy atom. The molecule has 1 aliphatic rings. The molecule has 1 aliphatic heterocycles. The number of hydrogen-bond acceptors (Lipinski definition) is 3. The van der Waals surface area contributed by atoms with Crippen LogP contribution in [0.4, 0.5) is 0 Å². The molecule has 4 nitrogen and oxygen atoms in total. The molecule has 1 aromatic carbocycles. The maximum absolute atomic E-state index is 4.33. The highest BCUT2D eigenvalue weighted by Gasteiger charge is 2.20. The summed E-state index contributed by atoms with van der Waals surface area (Å²) < 4.78 is 2.21. The summed E-state index contributed by atoms with van der Waals surface area (Å²) in [5, 5.41) is 11.9. The summed E-state index contributed by atoms with van der Waals surface area (Å²) in [5.41, 5.74) is 1.36. The van der Waals surface area contributed by atoms with Gasteiger partial charge in [-0.25, -0.2) is 0 Å². The van der Waals surface area contributed by atoms with Crippen LogP contribution < -0.4 is 5.32 Å². The Kier molecular flexibility index (Phi) is 3.89.